The minimum Gasteiger partial charge on any atom is -0.291 e. The quantitative estimate of drug-likeness (QED) is 0.632. The first-order valence-corrected chi connectivity index (χ1v) is 4.58. The Labute approximate surface area is 84.3 Å². The van der Waals surface area contributed by atoms with Crippen LogP contribution in [0, 0.1) is 0 Å². The van der Waals surface area contributed by atoms with Gasteiger partial charge in [0.2, 0.25) is 0 Å². The van der Waals surface area contributed by atoms with Crippen molar-refractivity contribution in [1.82, 2.24) is 4.34 Å². The normalized spacial score (nSPS) is 12.2. The molecule has 0 saturated heterocycles. The fourth-order valence-corrected chi connectivity index (χ4v) is 1.38. The molecule has 0 radical (unpaired) electrons. The highest BCUT2D eigenvalue weighted by Gasteiger charge is 2.15. The van der Waals surface area contributed by atoms with Gasteiger partial charge in [-0.1, -0.05) is 30.3 Å². The van der Waals surface area contributed by atoms with Crippen LogP contribution in [0.15, 0.2) is 30.3 Å². The molecule has 0 fully saturated rings. The molecule has 0 aromatic heterocycles. The van der Waals surface area contributed by atoms with Crippen LogP contribution in [-0.2, 0) is 4.79 Å². The van der Waals surface area contributed by atoms with Crippen molar-refractivity contribution in [2.24, 2.45) is 0 Å². The molecular formula is C8H7BrClNO. The largest absolute Gasteiger partial charge is 0.291 e. The first-order valence-electron chi connectivity index (χ1n) is 3.35. The van der Waals surface area contributed by atoms with Crippen molar-refractivity contribution in [3.05, 3.63) is 35.9 Å². The number of alkyl halides is 1. The summed E-state index contributed by atoms with van der Waals surface area (Å²) < 4.78 is 2.30. The zero-order valence-corrected chi connectivity index (χ0v) is 8.47. The molecule has 1 unspecified atom stereocenters. The number of halogens is 2. The van der Waals surface area contributed by atoms with E-state index in [-0.39, 0.29) is 5.91 Å². The molecule has 2 nitrogen and oxygen atoms in total. The van der Waals surface area contributed by atoms with Gasteiger partial charge in [-0.3, -0.25) is 9.14 Å². The molecule has 1 aromatic rings. The van der Waals surface area contributed by atoms with E-state index in [9.17, 15) is 4.79 Å². The Morgan fingerprint density at radius 2 is 2.00 bits per heavy atom. The van der Waals surface area contributed by atoms with E-state index in [2.05, 4.69) is 20.5 Å². The summed E-state index contributed by atoms with van der Waals surface area (Å²) in [5.41, 5.74) is 0.788. The predicted molar refractivity (Wildman–Crippen MR) is 52.1 cm³/mol. The zero-order chi connectivity index (χ0) is 8.97. The van der Waals surface area contributed by atoms with E-state index in [1.807, 2.05) is 18.2 Å². The van der Waals surface area contributed by atoms with Crippen molar-refractivity contribution >= 4 is 33.7 Å². The van der Waals surface area contributed by atoms with Gasteiger partial charge in [-0.25, -0.2) is 0 Å². The molecule has 1 atom stereocenters. The van der Waals surface area contributed by atoms with Gasteiger partial charge in [0.1, 0.15) is 5.38 Å². The third-order valence-electron chi connectivity index (χ3n) is 1.42. The average molecular weight is 249 g/mol. The molecule has 0 saturated carbocycles. The fraction of sp³-hybridized carbons (Fsp3) is 0.125. The molecule has 1 rings (SSSR count). The second-order valence-corrected chi connectivity index (χ2v) is 3.06. The van der Waals surface area contributed by atoms with Gasteiger partial charge >= 0.3 is 0 Å². The van der Waals surface area contributed by atoms with Crippen LogP contribution in [0.4, 0.5) is 0 Å². The Bertz CT molecular complexity index is 265. The SMILES string of the molecule is O=C(NBr)C(Cl)c1ccccc1. The van der Waals surface area contributed by atoms with E-state index in [4.69, 9.17) is 11.6 Å². The van der Waals surface area contributed by atoms with E-state index in [1.165, 1.54) is 0 Å². The summed E-state index contributed by atoms with van der Waals surface area (Å²) in [4.78, 5) is 11.0. The van der Waals surface area contributed by atoms with Crippen LogP contribution in [0.1, 0.15) is 10.9 Å². The van der Waals surface area contributed by atoms with Crippen molar-refractivity contribution in [1.29, 1.82) is 0 Å². The molecule has 0 bridgehead atoms. The topological polar surface area (TPSA) is 29.1 Å². The molecule has 12 heavy (non-hydrogen) atoms. The number of benzene rings is 1. The number of carbonyl (C=O) groups excluding carboxylic acids is 1. The van der Waals surface area contributed by atoms with E-state index < -0.39 is 5.38 Å². The first-order chi connectivity index (χ1) is 5.75. The van der Waals surface area contributed by atoms with Crippen molar-refractivity contribution in [2.75, 3.05) is 0 Å². The van der Waals surface area contributed by atoms with Gasteiger partial charge in [0.25, 0.3) is 5.91 Å². The highest BCUT2D eigenvalue weighted by atomic mass is 79.9. The molecule has 64 valence electrons. The molecular weight excluding hydrogens is 241 g/mol. The van der Waals surface area contributed by atoms with Gasteiger partial charge in [0.05, 0.1) is 0 Å². The van der Waals surface area contributed by atoms with Gasteiger partial charge in [0.15, 0.2) is 0 Å². The summed E-state index contributed by atoms with van der Waals surface area (Å²) in [7, 11) is 0. The highest BCUT2D eigenvalue weighted by molar-refractivity contribution is 9.08. The number of hydrogen-bond acceptors (Lipinski definition) is 1. The van der Waals surface area contributed by atoms with Gasteiger partial charge in [-0.2, -0.15) is 0 Å². The minimum absolute atomic E-state index is 0.261. The number of amides is 1. The summed E-state index contributed by atoms with van der Waals surface area (Å²) in [5.74, 6) is -0.261. The molecule has 0 aliphatic carbocycles. The maximum absolute atomic E-state index is 11.0. The van der Waals surface area contributed by atoms with Crippen LogP contribution >= 0.6 is 27.7 Å². The molecule has 1 aromatic carbocycles. The average Bonchev–Trinajstić information content (AvgIpc) is 2.17. The Morgan fingerprint density at radius 1 is 1.42 bits per heavy atom. The second kappa shape index (κ2) is 4.48. The van der Waals surface area contributed by atoms with Crippen LogP contribution < -0.4 is 4.34 Å². The number of nitrogens with one attached hydrogen (secondary N) is 1. The van der Waals surface area contributed by atoms with Gasteiger partial charge < -0.3 is 0 Å². The number of hydrogen-bond donors (Lipinski definition) is 1. The Hall–Kier alpha value is -0.540. The molecule has 0 heterocycles. The summed E-state index contributed by atoms with van der Waals surface area (Å²) in [6, 6.07) is 9.16. The summed E-state index contributed by atoms with van der Waals surface area (Å²) in [6.07, 6.45) is 0. The van der Waals surface area contributed by atoms with Gasteiger partial charge in [-0.15, -0.1) is 11.6 Å². The van der Waals surface area contributed by atoms with Crippen molar-refractivity contribution in [3.8, 4) is 0 Å². The summed E-state index contributed by atoms with van der Waals surface area (Å²) in [5, 5.41) is -0.634. The lowest BCUT2D eigenvalue weighted by Crippen LogP contribution is -2.17. The maximum atomic E-state index is 11.0. The third kappa shape index (κ3) is 2.22. The molecule has 0 spiro atoms. The Balaban J connectivity index is 2.78. The number of carbonyl (C=O) groups is 1. The molecule has 0 aliphatic heterocycles. The minimum atomic E-state index is -0.634. The monoisotopic (exact) mass is 247 g/mol. The highest BCUT2D eigenvalue weighted by Crippen LogP contribution is 2.19. The van der Waals surface area contributed by atoms with E-state index in [1.54, 1.807) is 12.1 Å². The lowest BCUT2D eigenvalue weighted by atomic mass is 10.1. The van der Waals surface area contributed by atoms with Crippen LogP contribution in [-0.4, -0.2) is 5.91 Å². The Kier molecular flexibility index (Phi) is 3.56. The van der Waals surface area contributed by atoms with Crippen molar-refractivity contribution < 1.29 is 4.79 Å². The van der Waals surface area contributed by atoms with E-state index in [0.717, 1.165) is 5.56 Å². The molecule has 0 aliphatic rings. The molecule has 1 amide bonds. The van der Waals surface area contributed by atoms with Crippen LogP contribution in [0.25, 0.3) is 0 Å². The predicted octanol–water partition coefficient (Wildman–Crippen LogP) is 2.39. The van der Waals surface area contributed by atoms with Crippen LogP contribution in [0.3, 0.4) is 0 Å². The van der Waals surface area contributed by atoms with Gasteiger partial charge in [0, 0.05) is 16.1 Å². The van der Waals surface area contributed by atoms with Crippen molar-refractivity contribution in [3.63, 3.8) is 0 Å². The third-order valence-corrected chi connectivity index (χ3v) is 2.26. The zero-order valence-electron chi connectivity index (χ0n) is 6.13. The van der Waals surface area contributed by atoms with Crippen LogP contribution in [0.2, 0.25) is 0 Å². The molecule has 4 heteroatoms. The fourth-order valence-electron chi connectivity index (χ4n) is 0.821. The molecule has 1 N–H and O–H groups in total. The summed E-state index contributed by atoms with van der Waals surface area (Å²) in [6.45, 7) is 0. The van der Waals surface area contributed by atoms with Crippen LogP contribution in [0.5, 0.6) is 0 Å². The lowest BCUT2D eigenvalue weighted by molar-refractivity contribution is -0.118. The Morgan fingerprint density at radius 3 is 2.50 bits per heavy atom. The van der Waals surface area contributed by atoms with Crippen molar-refractivity contribution in [2.45, 2.75) is 5.38 Å². The first kappa shape index (κ1) is 9.55. The lowest BCUT2D eigenvalue weighted by Gasteiger charge is -2.05. The van der Waals surface area contributed by atoms with E-state index >= 15 is 0 Å². The summed E-state index contributed by atoms with van der Waals surface area (Å²) >= 11 is 8.64. The van der Waals surface area contributed by atoms with Gasteiger partial charge in [-0.05, 0) is 5.56 Å². The number of rotatable bonds is 2. The second-order valence-electron chi connectivity index (χ2n) is 2.23. The smallest absolute Gasteiger partial charge is 0.252 e. The maximum Gasteiger partial charge on any atom is 0.252 e. The standard InChI is InChI=1S/C8H7BrClNO/c9-11-8(12)7(10)6-4-2-1-3-5-6/h1-5,7H,(H,11,12). The van der Waals surface area contributed by atoms with E-state index in [0.29, 0.717) is 0 Å².